The molecule has 1 unspecified atom stereocenters. The number of aromatic nitrogens is 2. The fourth-order valence-electron chi connectivity index (χ4n) is 4.21. The third kappa shape index (κ3) is 6.76. The molecule has 220 valence electrons. The molecule has 1 aliphatic heterocycles. The number of amides is 2. The Hall–Kier alpha value is -3.78. The molecule has 41 heavy (non-hydrogen) atoms. The van der Waals surface area contributed by atoms with Crippen molar-refractivity contribution >= 4 is 46.1 Å². The number of nitrogens with one attached hydrogen (secondary N) is 2. The van der Waals surface area contributed by atoms with Gasteiger partial charge in [0.25, 0.3) is 0 Å². The maximum absolute atomic E-state index is 13.5. The fraction of sp³-hybridized carbons (Fsp3) is 0.444. The van der Waals surface area contributed by atoms with Crippen molar-refractivity contribution < 1.29 is 37.8 Å². The molecule has 0 bridgehead atoms. The predicted molar refractivity (Wildman–Crippen MR) is 152 cm³/mol. The van der Waals surface area contributed by atoms with Gasteiger partial charge in [0.15, 0.2) is 0 Å². The minimum Gasteiger partial charge on any atom is -0.497 e. The number of ether oxygens (including phenoxy) is 3. The molecule has 0 saturated carbocycles. The van der Waals surface area contributed by atoms with Crippen molar-refractivity contribution in [1.82, 2.24) is 10.2 Å². The zero-order chi connectivity index (χ0) is 29.9. The Morgan fingerprint density at radius 1 is 1.22 bits per heavy atom. The second-order valence-electron chi connectivity index (χ2n) is 10.2. The van der Waals surface area contributed by atoms with Crippen molar-refractivity contribution in [3.63, 3.8) is 0 Å². The summed E-state index contributed by atoms with van der Waals surface area (Å²) in [7, 11) is 2.84. The number of hydrogen-bond donors (Lipinski definition) is 2. The molecule has 1 aromatic carbocycles. The number of carbonyl (C=O) groups is 3. The highest BCUT2D eigenvalue weighted by Gasteiger charge is 2.35. The molecule has 2 aromatic heterocycles. The van der Waals surface area contributed by atoms with E-state index in [0.29, 0.717) is 35.8 Å². The number of fused-ring (bicyclic) bond motifs is 1. The first-order chi connectivity index (χ1) is 19.4. The molecule has 1 aliphatic rings. The van der Waals surface area contributed by atoms with Crippen molar-refractivity contribution in [2.45, 2.75) is 63.0 Å². The van der Waals surface area contributed by atoms with Crippen LogP contribution in [0.25, 0.3) is 5.69 Å². The normalized spacial score (nSPS) is 13.8. The molecule has 2 N–H and O–H groups in total. The lowest BCUT2D eigenvalue weighted by Crippen LogP contribution is -2.39. The van der Waals surface area contributed by atoms with Crippen LogP contribution in [-0.2, 0) is 27.2 Å². The molecule has 0 saturated heterocycles. The number of aromatic amines is 1. The van der Waals surface area contributed by atoms with Gasteiger partial charge in [-0.15, -0.1) is 11.3 Å². The van der Waals surface area contributed by atoms with Crippen LogP contribution in [0.2, 0.25) is 0 Å². The van der Waals surface area contributed by atoms with Crippen LogP contribution in [0.1, 0.15) is 54.9 Å². The van der Waals surface area contributed by atoms with E-state index >= 15 is 0 Å². The smallest absolute Gasteiger partial charge is 0.442 e. The van der Waals surface area contributed by atoms with Crippen molar-refractivity contribution in [3.8, 4) is 11.4 Å². The van der Waals surface area contributed by atoms with E-state index in [1.54, 1.807) is 57.0 Å². The lowest BCUT2D eigenvalue weighted by atomic mass is 10.0. The second kappa shape index (κ2) is 12.4. The molecule has 0 fully saturated rings. The summed E-state index contributed by atoms with van der Waals surface area (Å²) in [5.41, 5.74) is 0.363. The van der Waals surface area contributed by atoms with Gasteiger partial charge >= 0.3 is 22.7 Å². The first kappa shape index (κ1) is 30.2. The first-order valence-electron chi connectivity index (χ1n) is 12.9. The van der Waals surface area contributed by atoms with Crippen LogP contribution in [0, 0.1) is 0 Å². The lowest BCUT2D eigenvalue weighted by molar-refractivity contribution is -0.704. The molecule has 14 heteroatoms. The molecule has 0 aliphatic carbocycles. The number of esters is 1. The molecule has 2 amide bonds. The van der Waals surface area contributed by atoms with Gasteiger partial charge in [-0.05, 0) is 73.0 Å². The molecule has 12 nitrogen and oxygen atoms in total. The summed E-state index contributed by atoms with van der Waals surface area (Å²) < 4.78 is 22.2. The number of thioether (sulfide) groups is 1. The molecular formula is C27H33N4O8S2+. The van der Waals surface area contributed by atoms with Gasteiger partial charge in [-0.2, -0.15) is 0 Å². The topological polar surface area (TPSA) is 144 Å². The van der Waals surface area contributed by atoms with Crippen LogP contribution in [0.4, 0.5) is 9.80 Å². The van der Waals surface area contributed by atoms with Gasteiger partial charge < -0.3 is 24.4 Å². The quantitative estimate of drug-likeness (QED) is 0.222. The molecule has 3 aromatic rings. The van der Waals surface area contributed by atoms with Gasteiger partial charge in [0.1, 0.15) is 16.4 Å². The maximum Gasteiger partial charge on any atom is 0.442 e. The third-order valence-electron chi connectivity index (χ3n) is 6.19. The highest BCUT2D eigenvalue weighted by Crippen LogP contribution is 2.38. The number of thiophene rings is 1. The van der Waals surface area contributed by atoms with E-state index in [4.69, 9.17) is 18.7 Å². The Labute approximate surface area is 244 Å². The summed E-state index contributed by atoms with van der Waals surface area (Å²) >= 11 is 2.27. The van der Waals surface area contributed by atoms with Crippen LogP contribution in [0.15, 0.2) is 38.6 Å². The number of nitrogens with zero attached hydrogens (tertiary/aromatic N) is 2. The SMILES string of the molecule is CCC(Sc1c(=O)o[nH][n+]1-c1ccc(OC)cc1)C(=O)Nc1sc2c(c1C(=O)OC)CCN(C(=O)OC(C)(C)C)C2. The Kier molecular flexibility index (Phi) is 9.12. The molecule has 0 radical (unpaired) electrons. The van der Waals surface area contributed by atoms with E-state index in [2.05, 4.69) is 10.6 Å². The highest BCUT2D eigenvalue weighted by molar-refractivity contribution is 8.00. The van der Waals surface area contributed by atoms with Gasteiger partial charge in [-0.1, -0.05) is 6.92 Å². The average molecular weight is 606 g/mol. The predicted octanol–water partition coefficient (Wildman–Crippen LogP) is 3.90. The summed E-state index contributed by atoms with van der Waals surface area (Å²) in [5, 5.41) is 5.27. The standard InChI is InChI=1S/C27H32N4O8S2/c1-7-18(41-23-25(34)39-29-31(23)15-8-10-16(36-5)11-9-15)21(32)28-22-20(24(33)37-6)17-12-13-30(14-19(17)40-22)26(35)38-27(2,3)4/h8-11,18H,7,12-14H2,1-6H3,(H-,28,29,32,33,34)/p+1. The van der Waals surface area contributed by atoms with E-state index in [9.17, 15) is 19.2 Å². The Morgan fingerprint density at radius 2 is 1.93 bits per heavy atom. The van der Waals surface area contributed by atoms with Crippen molar-refractivity contribution in [2.75, 3.05) is 26.1 Å². The van der Waals surface area contributed by atoms with Crippen molar-refractivity contribution in [1.29, 1.82) is 0 Å². The van der Waals surface area contributed by atoms with Gasteiger partial charge in [-0.25, -0.2) is 14.4 Å². The number of anilines is 1. The summed E-state index contributed by atoms with van der Waals surface area (Å²) in [6.45, 7) is 7.82. The Bertz CT molecular complexity index is 1490. The average Bonchev–Trinajstić information content (AvgIpc) is 3.48. The summed E-state index contributed by atoms with van der Waals surface area (Å²) in [5.74, 6) is -0.325. The minimum absolute atomic E-state index is 0.184. The summed E-state index contributed by atoms with van der Waals surface area (Å²) in [6, 6.07) is 6.97. The largest absolute Gasteiger partial charge is 0.497 e. The number of carbonyl (C=O) groups excluding carboxylic acids is 3. The molecule has 1 atom stereocenters. The van der Waals surface area contributed by atoms with Crippen LogP contribution in [0.3, 0.4) is 0 Å². The van der Waals surface area contributed by atoms with Gasteiger partial charge in [0.05, 0.1) is 31.6 Å². The Morgan fingerprint density at radius 3 is 2.54 bits per heavy atom. The zero-order valence-corrected chi connectivity index (χ0v) is 25.3. The van der Waals surface area contributed by atoms with E-state index in [1.807, 2.05) is 6.92 Å². The van der Waals surface area contributed by atoms with E-state index in [0.717, 1.165) is 22.2 Å². The fourth-order valence-corrected chi connectivity index (χ4v) is 6.45. The number of hydrogen-bond acceptors (Lipinski definition) is 10. The van der Waals surface area contributed by atoms with Crippen molar-refractivity contribution in [2.24, 2.45) is 0 Å². The summed E-state index contributed by atoms with van der Waals surface area (Å²) in [6.07, 6.45) is 0.345. The molecular weight excluding hydrogens is 572 g/mol. The number of methoxy groups -OCH3 is 2. The van der Waals surface area contributed by atoms with Crippen LogP contribution < -0.4 is 20.4 Å². The molecule has 0 spiro atoms. The van der Waals surface area contributed by atoms with E-state index in [-0.39, 0.29) is 17.1 Å². The Balaban J connectivity index is 1.57. The first-order valence-corrected chi connectivity index (χ1v) is 14.6. The maximum atomic E-state index is 13.5. The highest BCUT2D eigenvalue weighted by atomic mass is 32.2. The van der Waals surface area contributed by atoms with Crippen LogP contribution in [-0.4, -0.2) is 59.8 Å². The summed E-state index contributed by atoms with van der Waals surface area (Å²) in [4.78, 5) is 53.8. The number of H-pyrrole nitrogens is 1. The molecule has 4 rings (SSSR count). The van der Waals surface area contributed by atoms with Gasteiger partial charge in [0, 0.05) is 23.6 Å². The molecule has 3 heterocycles. The zero-order valence-electron chi connectivity index (χ0n) is 23.7. The van der Waals surface area contributed by atoms with E-state index < -0.39 is 34.4 Å². The minimum atomic E-state index is -0.693. The third-order valence-corrected chi connectivity index (χ3v) is 8.73. The van der Waals surface area contributed by atoms with Gasteiger partial charge in [-0.3, -0.25) is 9.32 Å². The second-order valence-corrected chi connectivity index (χ2v) is 12.5. The van der Waals surface area contributed by atoms with E-state index in [1.165, 1.54) is 23.1 Å². The monoisotopic (exact) mass is 605 g/mol. The number of benzene rings is 1. The number of rotatable bonds is 8. The van der Waals surface area contributed by atoms with Crippen molar-refractivity contribution in [3.05, 3.63) is 50.7 Å². The lowest BCUT2D eigenvalue weighted by Gasteiger charge is -2.30. The van der Waals surface area contributed by atoms with Gasteiger partial charge in [0.2, 0.25) is 11.6 Å². The van der Waals surface area contributed by atoms with Crippen LogP contribution >= 0.6 is 23.1 Å². The van der Waals surface area contributed by atoms with Crippen LogP contribution in [0.5, 0.6) is 5.75 Å².